The van der Waals surface area contributed by atoms with Gasteiger partial charge in [-0.15, -0.1) is 0 Å². The maximum atomic E-state index is 5.00. The average Bonchev–Trinajstić information content (AvgIpc) is 3.68. The molecule has 3 heterocycles. The van der Waals surface area contributed by atoms with E-state index < -0.39 is 0 Å². The molecule has 5 heteroatoms. The lowest BCUT2D eigenvalue weighted by molar-refractivity contribution is 1.000. The number of aromatic nitrogens is 5. The van der Waals surface area contributed by atoms with Gasteiger partial charge in [0.15, 0.2) is 17.5 Å². The summed E-state index contributed by atoms with van der Waals surface area (Å²) in [7, 11) is 0. The number of hydrogen-bond acceptors (Lipinski definition) is 3. The maximum Gasteiger partial charge on any atom is 0.164 e. The molecule has 216 valence electrons. The molecule has 9 aromatic rings. The molecule has 0 amide bonds. The number of hydrogen-bond donors (Lipinski definition) is 0. The van der Waals surface area contributed by atoms with Crippen LogP contribution >= 0.6 is 0 Å². The monoisotopic (exact) mass is 589 g/mol. The van der Waals surface area contributed by atoms with Crippen LogP contribution in [0, 0.1) is 0 Å². The molecule has 0 aliphatic rings. The first-order valence-electron chi connectivity index (χ1n) is 15.4. The molecule has 0 unspecified atom stereocenters. The summed E-state index contributed by atoms with van der Waals surface area (Å²) in [5, 5.41) is 3.63. The third-order valence-corrected chi connectivity index (χ3v) is 8.56. The lowest BCUT2D eigenvalue weighted by Crippen LogP contribution is -2.05. The van der Waals surface area contributed by atoms with Crippen molar-refractivity contribution >= 4 is 32.7 Å². The van der Waals surface area contributed by atoms with Gasteiger partial charge in [0.1, 0.15) is 5.82 Å². The fourth-order valence-corrected chi connectivity index (χ4v) is 6.47. The molecule has 0 aliphatic heterocycles. The van der Waals surface area contributed by atoms with E-state index in [1.165, 1.54) is 27.2 Å². The largest absolute Gasteiger partial charge is 0.295 e. The summed E-state index contributed by atoms with van der Waals surface area (Å²) in [6, 6.07) is 56.8. The van der Waals surface area contributed by atoms with Crippen molar-refractivity contribution in [2.45, 2.75) is 0 Å². The Morgan fingerprint density at radius 1 is 0.348 bits per heavy atom. The van der Waals surface area contributed by atoms with Crippen LogP contribution in [0.1, 0.15) is 0 Å². The van der Waals surface area contributed by atoms with Crippen LogP contribution in [0.2, 0.25) is 0 Å². The summed E-state index contributed by atoms with van der Waals surface area (Å²) in [5.74, 6) is 2.99. The molecule has 5 nitrogen and oxygen atoms in total. The van der Waals surface area contributed by atoms with Crippen LogP contribution in [0.15, 0.2) is 164 Å². The highest BCUT2D eigenvalue weighted by Crippen LogP contribution is 2.36. The molecule has 0 saturated carbocycles. The molecule has 0 saturated heterocycles. The lowest BCUT2D eigenvalue weighted by Gasteiger charge is -2.15. The first kappa shape index (κ1) is 26.1. The maximum absolute atomic E-state index is 5.00. The molecule has 0 atom stereocenters. The second-order valence-electron chi connectivity index (χ2n) is 11.4. The highest BCUT2D eigenvalue weighted by atomic mass is 15.2. The molecule has 0 aliphatic carbocycles. The minimum Gasteiger partial charge on any atom is -0.295 e. The molecular weight excluding hydrogens is 562 g/mol. The summed E-state index contributed by atoms with van der Waals surface area (Å²) in [5.41, 5.74) is 7.30. The van der Waals surface area contributed by atoms with Gasteiger partial charge >= 0.3 is 0 Å². The van der Waals surface area contributed by atoms with Crippen LogP contribution < -0.4 is 0 Å². The topological polar surface area (TPSA) is 48.5 Å². The Morgan fingerprint density at radius 3 is 1.43 bits per heavy atom. The highest BCUT2D eigenvalue weighted by Gasteiger charge is 2.19. The van der Waals surface area contributed by atoms with E-state index in [2.05, 4.69) is 112 Å². The molecule has 6 aromatic carbocycles. The SMILES string of the molecule is c1ccc(-c2nc(-c3ccccc3)nc(-c3cccc(-n4c(-n5c6ccccc6c6ccccc65)cc5ccccc54)c3)n2)cc1. The summed E-state index contributed by atoms with van der Waals surface area (Å²) in [6.45, 7) is 0. The molecule has 0 spiro atoms. The van der Waals surface area contributed by atoms with E-state index >= 15 is 0 Å². The van der Waals surface area contributed by atoms with Crippen molar-refractivity contribution in [2.24, 2.45) is 0 Å². The van der Waals surface area contributed by atoms with Crippen LogP contribution in [0.5, 0.6) is 0 Å². The van der Waals surface area contributed by atoms with E-state index in [-0.39, 0.29) is 0 Å². The Labute approximate surface area is 265 Å². The fourth-order valence-electron chi connectivity index (χ4n) is 6.47. The standard InChI is InChI=1S/C41H27N5/c1-3-14-28(15-4-1)39-42-40(29-16-5-2-6-17-29)44-41(43-39)31-19-13-20-32(26-31)45-35-23-10-7-18-30(35)27-38(45)46-36-24-11-8-21-33(36)34-22-9-12-25-37(34)46/h1-27H. The molecule has 0 fully saturated rings. The van der Waals surface area contributed by atoms with Crippen LogP contribution in [0.25, 0.3) is 78.4 Å². The lowest BCUT2D eigenvalue weighted by atomic mass is 10.1. The van der Waals surface area contributed by atoms with Crippen molar-refractivity contribution in [1.82, 2.24) is 24.1 Å². The minimum atomic E-state index is 0.629. The van der Waals surface area contributed by atoms with Crippen molar-refractivity contribution in [3.8, 4) is 45.7 Å². The van der Waals surface area contributed by atoms with Crippen molar-refractivity contribution < 1.29 is 0 Å². The number of benzene rings is 6. The number of nitrogens with zero attached hydrogens (tertiary/aromatic N) is 5. The van der Waals surface area contributed by atoms with Gasteiger partial charge in [-0.2, -0.15) is 0 Å². The molecule has 0 radical (unpaired) electrons. The van der Waals surface area contributed by atoms with Crippen molar-refractivity contribution in [3.63, 3.8) is 0 Å². The van der Waals surface area contributed by atoms with Crippen LogP contribution in [-0.2, 0) is 0 Å². The molecule has 0 N–H and O–H groups in total. The zero-order valence-corrected chi connectivity index (χ0v) is 24.8. The van der Waals surface area contributed by atoms with E-state index in [0.29, 0.717) is 17.5 Å². The Morgan fingerprint density at radius 2 is 0.826 bits per heavy atom. The van der Waals surface area contributed by atoms with Gasteiger partial charge in [-0.3, -0.25) is 9.13 Å². The van der Waals surface area contributed by atoms with Gasteiger partial charge in [0.2, 0.25) is 0 Å². The van der Waals surface area contributed by atoms with E-state index in [4.69, 9.17) is 15.0 Å². The molecular formula is C41H27N5. The van der Waals surface area contributed by atoms with Gasteiger partial charge in [-0.25, -0.2) is 15.0 Å². The number of rotatable bonds is 5. The van der Waals surface area contributed by atoms with Crippen molar-refractivity contribution in [3.05, 3.63) is 164 Å². The Hall–Kier alpha value is -6.33. The zero-order valence-electron chi connectivity index (χ0n) is 24.8. The third kappa shape index (κ3) is 4.29. The minimum absolute atomic E-state index is 0.629. The first-order valence-corrected chi connectivity index (χ1v) is 15.4. The first-order chi connectivity index (χ1) is 22.8. The van der Waals surface area contributed by atoms with Crippen LogP contribution in [0.3, 0.4) is 0 Å². The van der Waals surface area contributed by atoms with Crippen LogP contribution in [-0.4, -0.2) is 24.1 Å². The van der Waals surface area contributed by atoms with E-state index in [0.717, 1.165) is 33.7 Å². The highest BCUT2D eigenvalue weighted by molar-refractivity contribution is 6.09. The van der Waals surface area contributed by atoms with Gasteiger partial charge in [-0.05, 0) is 36.4 Å². The van der Waals surface area contributed by atoms with E-state index in [1.54, 1.807) is 0 Å². The van der Waals surface area contributed by atoms with Gasteiger partial charge in [-0.1, -0.05) is 127 Å². The zero-order chi connectivity index (χ0) is 30.5. The van der Waals surface area contributed by atoms with Crippen LogP contribution in [0.4, 0.5) is 0 Å². The Bertz CT molecular complexity index is 2420. The van der Waals surface area contributed by atoms with E-state index in [1.807, 2.05) is 60.7 Å². The fraction of sp³-hybridized carbons (Fsp3) is 0. The number of fused-ring (bicyclic) bond motifs is 4. The van der Waals surface area contributed by atoms with Gasteiger partial charge < -0.3 is 0 Å². The average molecular weight is 590 g/mol. The predicted octanol–water partition coefficient (Wildman–Crippen LogP) is 9.91. The number of para-hydroxylation sites is 3. The van der Waals surface area contributed by atoms with E-state index in [9.17, 15) is 0 Å². The third-order valence-electron chi connectivity index (χ3n) is 8.56. The van der Waals surface area contributed by atoms with Crippen molar-refractivity contribution in [1.29, 1.82) is 0 Å². The molecule has 46 heavy (non-hydrogen) atoms. The summed E-state index contributed by atoms with van der Waals surface area (Å²) < 4.78 is 4.72. The summed E-state index contributed by atoms with van der Waals surface area (Å²) >= 11 is 0. The van der Waals surface area contributed by atoms with Gasteiger partial charge in [0.05, 0.1) is 16.6 Å². The normalized spacial score (nSPS) is 11.5. The van der Waals surface area contributed by atoms with Gasteiger partial charge in [0, 0.05) is 38.5 Å². The molecule has 9 rings (SSSR count). The molecule has 0 bridgehead atoms. The van der Waals surface area contributed by atoms with Crippen molar-refractivity contribution in [2.75, 3.05) is 0 Å². The van der Waals surface area contributed by atoms with Gasteiger partial charge in [0.25, 0.3) is 0 Å². The molecule has 3 aromatic heterocycles. The Kier molecular flexibility index (Phi) is 6.06. The second-order valence-corrected chi connectivity index (χ2v) is 11.4. The predicted molar refractivity (Wildman–Crippen MR) is 187 cm³/mol. The quantitative estimate of drug-likeness (QED) is 0.201. The second kappa shape index (κ2) is 10.7. The Balaban J connectivity index is 1.28. The summed E-state index contributed by atoms with van der Waals surface area (Å²) in [4.78, 5) is 14.9. The smallest absolute Gasteiger partial charge is 0.164 e. The summed E-state index contributed by atoms with van der Waals surface area (Å²) in [6.07, 6.45) is 0.